The molecule has 0 spiro atoms. The van der Waals surface area contributed by atoms with Gasteiger partial charge in [0.25, 0.3) is 0 Å². The largest absolute Gasteiger partial charge is 0.480 e. The van der Waals surface area contributed by atoms with Crippen LogP contribution in [0.2, 0.25) is 0 Å². The molecule has 92 valence electrons. The second-order valence-corrected chi connectivity index (χ2v) is 3.97. The smallest absolute Gasteiger partial charge is 0.326 e. The van der Waals surface area contributed by atoms with Gasteiger partial charge in [0.15, 0.2) is 0 Å². The lowest BCUT2D eigenvalue weighted by atomic mass is 9.99. The fourth-order valence-corrected chi connectivity index (χ4v) is 1.34. The van der Waals surface area contributed by atoms with Crippen molar-refractivity contribution in [2.45, 2.75) is 46.6 Å². The number of allylic oxidation sites excluding steroid dienone is 1. The fraction of sp³-hybridized carbons (Fsp3) is 0.667. The maximum atomic E-state index is 11.6. The average Bonchev–Trinajstić information content (AvgIpc) is 2.24. The van der Waals surface area contributed by atoms with Gasteiger partial charge in [-0.2, -0.15) is 0 Å². The summed E-state index contributed by atoms with van der Waals surface area (Å²) in [4.78, 5) is 22.6. The van der Waals surface area contributed by atoms with E-state index < -0.39 is 12.0 Å². The normalized spacial score (nSPS) is 15.4. The van der Waals surface area contributed by atoms with E-state index >= 15 is 0 Å². The van der Waals surface area contributed by atoms with Crippen molar-refractivity contribution in [1.82, 2.24) is 5.32 Å². The molecular weight excluding hydrogens is 206 g/mol. The molecule has 0 saturated carbocycles. The van der Waals surface area contributed by atoms with Gasteiger partial charge in [0.05, 0.1) is 0 Å². The second kappa shape index (κ2) is 7.04. The summed E-state index contributed by atoms with van der Waals surface area (Å²) >= 11 is 0. The lowest BCUT2D eigenvalue weighted by molar-refractivity contribution is -0.142. The van der Waals surface area contributed by atoms with Crippen LogP contribution in [0.1, 0.15) is 40.5 Å². The zero-order valence-electron chi connectivity index (χ0n) is 10.4. The van der Waals surface area contributed by atoms with Gasteiger partial charge in [0, 0.05) is 5.57 Å². The van der Waals surface area contributed by atoms with Crippen LogP contribution >= 0.6 is 0 Å². The van der Waals surface area contributed by atoms with E-state index in [0.29, 0.717) is 12.0 Å². The molecule has 0 unspecified atom stereocenters. The first-order valence-electron chi connectivity index (χ1n) is 5.64. The van der Waals surface area contributed by atoms with Gasteiger partial charge in [0.1, 0.15) is 6.04 Å². The highest BCUT2D eigenvalue weighted by atomic mass is 16.4. The molecule has 0 aliphatic carbocycles. The van der Waals surface area contributed by atoms with Gasteiger partial charge in [-0.05, 0) is 19.3 Å². The van der Waals surface area contributed by atoms with E-state index in [1.54, 1.807) is 13.0 Å². The van der Waals surface area contributed by atoms with E-state index in [4.69, 9.17) is 5.11 Å². The van der Waals surface area contributed by atoms with Crippen LogP contribution in [0.5, 0.6) is 0 Å². The van der Waals surface area contributed by atoms with Gasteiger partial charge in [0.2, 0.25) is 5.91 Å². The van der Waals surface area contributed by atoms with Gasteiger partial charge in [-0.3, -0.25) is 4.79 Å². The quantitative estimate of drug-likeness (QED) is 0.682. The van der Waals surface area contributed by atoms with Crippen LogP contribution in [0.4, 0.5) is 0 Å². The summed E-state index contributed by atoms with van der Waals surface area (Å²) < 4.78 is 0. The topological polar surface area (TPSA) is 66.4 Å². The van der Waals surface area contributed by atoms with Gasteiger partial charge in [-0.1, -0.05) is 33.3 Å². The Morgan fingerprint density at radius 1 is 1.38 bits per heavy atom. The number of carbonyl (C=O) groups excluding carboxylic acids is 1. The van der Waals surface area contributed by atoms with Crippen LogP contribution in [-0.2, 0) is 9.59 Å². The number of carboxylic acids is 1. The maximum Gasteiger partial charge on any atom is 0.326 e. The van der Waals surface area contributed by atoms with Crippen molar-refractivity contribution in [3.8, 4) is 0 Å². The van der Waals surface area contributed by atoms with E-state index in [1.165, 1.54) is 0 Å². The Morgan fingerprint density at radius 3 is 2.31 bits per heavy atom. The molecule has 0 aromatic rings. The third kappa shape index (κ3) is 4.47. The van der Waals surface area contributed by atoms with Crippen LogP contribution in [0.25, 0.3) is 0 Å². The number of hydrogen-bond acceptors (Lipinski definition) is 2. The minimum atomic E-state index is -0.980. The Balaban J connectivity index is 4.59. The van der Waals surface area contributed by atoms with E-state index in [1.807, 2.05) is 20.8 Å². The summed E-state index contributed by atoms with van der Waals surface area (Å²) in [5, 5.41) is 11.5. The molecule has 1 amide bonds. The van der Waals surface area contributed by atoms with E-state index in [0.717, 1.165) is 6.42 Å². The summed E-state index contributed by atoms with van der Waals surface area (Å²) in [7, 11) is 0. The third-order valence-electron chi connectivity index (χ3n) is 2.63. The molecular formula is C12H21NO3. The number of carbonyl (C=O) groups is 2. The zero-order valence-corrected chi connectivity index (χ0v) is 10.4. The van der Waals surface area contributed by atoms with Gasteiger partial charge in [-0.15, -0.1) is 0 Å². The summed E-state index contributed by atoms with van der Waals surface area (Å²) in [6.07, 6.45) is 3.26. The third-order valence-corrected chi connectivity index (χ3v) is 2.63. The summed E-state index contributed by atoms with van der Waals surface area (Å²) in [5.74, 6) is -1.35. The molecule has 0 fully saturated rings. The Morgan fingerprint density at radius 2 is 1.94 bits per heavy atom. The fourth-order valence-electron chi connectivity index (χ4n) is 1.34. The van der Waals surface area contributed by atoms with Crippen molar-refractivity contribution >= 4 is 11.9 Å². The van der Waals surface area contributed by atoms with E-state index in [9.17, 15) is 9.59 Å². The van der Waals surface area contributed by atoms with Crippen molar-refractivity contribution in [1.29, 1.82) is 0 Å². The molecule has 0 aliphatic heterocycles. The molecule has 4 heteroatoms. The number of aliphatic carboxylic acids is 1. The number of amides is 1. The van der Waals surface area contributed by atoms with Crippen molar-refractivity contribution in [2.75, 3.05) is 0 Å². The summed E-state index contributed by atoms with van der Waals surface area (Å²) in [5.41, 5.74) is 0.567. The lowest BCUT2D eigenvalue weighted by Crippen LogP contribution is -2.45. The molecule has 0 bridgehead atoms. The minimum absolute atomic E-state index is 0.0733. The van der Waals surface area contributed by atoms with Crippen molar-refractivity contribution in [3.05, 3.63) is 11.6 Å². The molecule has 0 aromatic heterocycles. The Hall–Kier alpha value is -1.32. The van der Waals surface area contributed by atoms with Gasteiger partial charge < -0.3 is 10.4 Å². The number of rotatable bonds is 6. The van der Waals surface area contributed by atoms with Crippen LogP contribution in [-0.4, -0.2) is 23.0 Å². The van der Waals surface area contributed by atoms with Crippen LogP contribution in [0, 0.1) is 5.92 Å². The molecule has 0 rings (SSSR count). The highest BCUT2D eigenvalue weighted by Gasteiger charge is 2.25. The monoisotopic (exact) mass is 227 g/mol. The van der Waals surface area contributed by atoms with E-state index in [2.05, 4.69) is 5.32 Å². The molecule has 4 nitrogen and oxygen atoms in total. The zero-order chi connectivity index (χ0) is 12.7. The van der Waals surface area contributed by atoms with Crippen LogP contribution in [0.3, 0.4) is 0 Å². The predicted octanol–water partition coefficient (Wildman–Crippen LogP) is 1.96. The Kier molecular flexibility index (Phi) is 6.46. The molecule has 0 heterocycles. The van der Waals surface area contributed by atoms with Gasteiger partial charge >= 0.3 is 5.97 Å². The first-order chi connectivity index (χ1) is 7.43. The SMILES string of the molecule is CC/C=C(/C)C(=O)N[C@H](C(=O)O)[C@@H](C)CC. The Labute approximate surface area is 96.7 Å². The van der Waals surface area contributed by atoms with E-state index in [-0.39, 0.29) is 11.8 Å². The minimum Gasteiger partial charge on any atom is -0.480 e. The molecule has 0 radical (unpaired) electrons. The predicted molar refractivity (Wildman–Crippen MR) is 63.1 cm³/mol. The highest BCUT2D eigenvalue weighted by molar-refractivity contribution is 5.95. The first-order valence-corrected chi connectivity index (χ1v) is 5.64. The molecule has 0 saturated heterocycles. The van der Waals surface area contributed by atoms with Gasteiger partial charge in [-0.25, -0.2) is 4.79 Å². The maximum absolute atomic E-state index is 11.6. The summed E-state index contributed by atoms with van der Waals surface area (Å²) in [6, 6.07) is -0.808. The molecule has 16 heavy (non-hydrogen) atoms. The first kappa shape index (κ1) is 14.7. The van der Waals surface area contributed by atoms with Crippen molar-refractivity contribution in [2.24, 2.45) is 5.92 Å². The van der Waals surface area contributed by atoms with Crippen molar-refractivity contribution < 1.29 is 14.7 Å². The van der Waals surface area contributed by atoms with Crippen LogP contribution < -0.4 is 5.32 Å². The Bertz CT molecular complexity index is 284. The molecule has 0 aromatic carbocycles. The number of hydrogen-bond donors (Lipinski definition) is 2. The van der Waals surface area contributed by atoms with Crippen molar-refractivity contribution in [3.63, 3.8) is 0 Å². The summed E-state index contributed by atoms with van der Waals surface area (Å²) in [6.45, 7) is 7.34. The number of nitrogens with one attached hydrogen (secondary N) is 1. The van der Waals surface area contributed by atoms with Crippen LogP contribution in [0.15, 0.2) is 11.6 Å². The molecule has 2 N–H and O–H groups in total. The lowest BCUT2D eigenvalue weighted by Gasteiger charge is -2.20. The second-order valence-electron chi connectivity index (χ2n) is 3.97. The highest BCUT2D eigenvalue weighted by Crippen LogP contribution is 2.09. The molecule has 2 atom stereocenters. The molecule has 0 aliphatic rings. The average molecular weight is 227 g/mol. The standard InChI is InChI=1S/C12H21NO3/c1-5-7-9(4)11(14)13-10(12(15)16)8(3)6-2/h7-8,10H,5-6H2,1-4H3,(H,13,14)(H,15,16)/b9-7-/t8-,10-/m0/s1. The number of carboxylic acid groups (broad SMARTS) is 1.